The SMILES string of the molecule is COc1cc2sc(C(=O)CCC(=O)OC(C)(C)C)cc2nc1CCCO. The molecule has 2 rings (SSSR count). The normalized spacial score (nSPS) is 11.6. The van der Waals surface area contributed by atoms with E-state index in [1.54, 1.807) is 33.9 Å². The Morgan fingerprint density at radius 2 is 1.96 bits per heavy atom. The van der Waals surface area contributed by atoms with E-state index >= 15 is 0 Å². The molecule has 0 aliphatic rings. The predicted molar refractivity (Wildman–Crippen MR) is 101 cm³/mol. The first-order valence-corrected chi connectivity index (χ1v) is 9.38. The van der Waals surface area contributed by atoms with Gasteiger partial charge < -0.3 is 14.6 Å². The second-order valence-corrected chi connectivity index (χ2v) is 8.05. The molecule has 0 spiro atoms. The van der Waals surface area contributed by atoms with Crippen LogP contribution in [0.15, 0.2) is 12.1 Å². The Morgan fingerprint density at radius 1 is 1.23 bits per heavy atom. The van der Waals surface area contributed by atoms with Gasteiger partial charge in [-0.25, -0.2) is 4.98 Å². The summed E-state index contributed by atoms with van der Waals surface area (Å²) in [7, 11) is 1.58. The first-order valence-electron chi connectivity index (χ1n) is 8.57. The van der Waals surface area contributed by atoms with Gasteiger partial charge in [-0.1, -0.05) is 0 Å². The van der Waals surface area contributed by atoms with E-state index in [1.165, 1.54) is 11.3 Å². The molecule has 0 bridgehead atoms. The van der Waals surface area contributed by atoms with E-state index < -0.39 is 5.60 Å². The molecule has 0 radical (unpaired) electrons. The molecule has 142 valence electrons. The van der Waals surface area contributed by atoms with E-state index in [1.807, 2.05) is 6.07 Å². The Labute approximate surface area is 157 Å². The van der Waals surface area contributed by atoms with Gasteiger partial charge >= 0.3 is 5.97 Å². The number of methoxy groups -OCH3 is 1. The number of rotatable bonds is 8. The number of carbonyl (C=O) groups is 2. The molecule has 0 amide bonds. The number of thiophene rings is 1. The highest BCUT2D eigenvalue weighted by molar-refractivity contribution is 7.20. The lowest BCUT2D eigenvalue weighted by molar-refractivity contribution is -0.154. The van der Waals surface area contributed by atoms with Gasteiger partial charge in [-0.15, -0.1) is 11.3 Å². The van der Waals surface area contributed by atoms with Crippen molar-refractivity contribution in [3.63, 3.8) is 0 Å². The van der Waals surface area contributed by atoms with Gasteiger partial charge in [0, 0.05) is 19.1 Å². The van der Waals surface area contributed by atoms with Gasteiger partial charge in [-0.2, -0.15) is 0 Å². The molecule has 0 saturated heterocycles. The minimum absolute atomic E-state index is 0.0584. The molecule has 7 heteroatoms. The number of esters is 1. The Morgan fingerprint density at radius 3 is 2.58 bits per heavy atom. The van der Waals surface area contributed by atoms with Crippen LogP contribution in [0.3, 0.4) is 0 Å². The molecule has 0 aliphatic carbocycles. The summed E-state index contributed by atoms with van der Waals surface area (Å²) < 4.78 is 11.4. The summed E-state index contributed by atoms with van der Waals surface area (Å²) in [5.41, 5.74) is 0.937. The van der Waals surface area contributed by atoms with Crippen molar-refractivity contribution in [1.29, 1.82) is 0 Å². The van der Waals surface area contributed by atoms with E-state index in [0.717, 1.165) is 15.9 Å². The average molecular weight is 379 g/mol. The molecular formula is C19H25NO5S. The number of fused-ring (bicyclic) bond motifs is 1. The molecule has 0 aliphatic heterocycles. The second-order valence-electron chi connectivity index (χ2n) is 6.97. The number of ketones is 1. The molecule has 0 saturated carbocycles. The second kappa shape index (κ2) is 8.60. The molecule has 0 unspecified atom stereocenters. The number of aryl methyl sites for hydroxylation is 1. The van der Waals surface area contributed by atoms with Crippen molar-refractivity contribution >= 4 is 33.3 Å². The summed E-state index contributed by atoms with van der Waals surface area (Å²) in [4.78, 5) is 29.3. The number of nitrogens with zero attached hydrogens (tertiary/aromatic N) is 1. The third-order valence-electron chi connectivity index (χ3n) is 3.58. The van der Waals surface area contributed by atoms with Crippen molar-refractivity contribution in [2.45, 2.75) is 52.1 Å². The topological polar surface area (TPSA) is 85.7 Å². The summed E-state index contributed by atoms with van der Waals surface area (Å²) in [6, 6.07) is 3.61. The Kier molecular flexibility index (Phi) is 6.72. The minimum atomic E-state index is -0.552. The molecule has 2 heterocycles. The molecule has 2 aromatic rings. The first kappa shape index (κ1) is 20.3. The highest BCUT2D eigenvalue weighted by Crippen LogP contribution is 2.31. The van der Waals surface area contributed by atoms with Crippen LogP contribution in [0, 0.1) is 0 Å². The standard InChI is InChI=1S/C19H25NO5S/c1-19(2,3)25-18(23)8-7-14(22)17-10-13-16(26-17)11-15(24-4)12(20-13)6-5-9-21/h10-11,21H,5-9H2,1-4H3. The van der Waals surface area contributed by atoms with Crippen LogP contribution >= 0.6 is 11.3 Å². The number of aliphatic hydroxyl groups excluding tert-OH is 1. The molecule has 0 aromatic carbocycles. The van der Waals surface area contributed by atoms with Crippen LogP contribution in [0.25, 0.3) is 10.2 Å². The Hall–Kier alpha value is -1.99. The van der Waals surface area contributed by atoms with Crippen LogP contribution in [0.1, 0.15) is 55.4 Å². The summed E-state index contributed by atoms with van der Waals surface area (Å²) in [6.07, 6.45) is 1.37. The fourth-order valence-corrected chi connectivity index (χ4v) is 3.46. The van der Waals surface area contributed by atoms with Crippen molar-refractivity contribution in [1.82, 2.24) is 4.98 Å². The monoisotopic (exact) mass is 379 g/mol. The van der Waals surface area contributed by atoms with Crippen molar-refractivity contribution in [2.24, 2.45) is 0 Å². The zero-order valence-electron chi connectivity index (χ0n) is 15.6. The number of aromatic nitrogens is 1. The van der Waals surface area contributed by atoms with Crippen molar-refractivity contribution in [2.75, 3.05) is 13.7 Å². The summed E-state index contributed by atoms with van der Waals surface area (Å²) in [5.74, 6) is 0.174. The van der Waals surface area contributed by atoms with Crippen molar-refractivity contribution in [3.05, 3.63) is 22.7 Å². The Balaban J connectivity index is 2.12. The van der Waals surface area contributed by atoms with E-state index in [9.17, 15) is 9.59 Å². The molecule has 1 N–H and O–H groups in total. The molecule has 0 atom stereocenters. The molecule has 2 aromatic heterocycles. The van der Waals surface area contributed by atoms with Crippen LogP contribution in [-0.2, 0) is 16.0 Å². The van der Waals surface area contributed by atoms with Crippen molar-refractivity contribution in [3.8, 4) is 5.75 Å². The number of hydrogen-bond acceptors (Lipinski definition) is 7. The van der Waals surface area contributed by atoms with E-state index in [4.69, 9.17) is 14.6 Å². The maximum absolute atomic E-state index is 12.4. The highest BCUT2D eigenvalue weighted by Gasteiger charge is 2.19. The van der Waals surface area contributed by atoms with Gasteiger partial charge in [0.15, 0.2) is 5.78 Å². The maximum atomic E-state index is 12.4. The summed E-state index contributed by atoms with van der Waals surface area (Å²) in [5, 5.41) is 9.01. The lowest BCUT2D eigenvalue weighted by Crippen LogP contribution is -2.24. The fraction of sp³-hybridized carbons (Fsp3) is 0.526. The smallest absolute Gasteiger partial charge is 0.306 e. The summed E-state index contributed by atoms with van der Waals surface area (Å²) in [6.45, 7) is 5.48. The number of Topliss-reactive ketones (excluding diaryl/α,β-unsaturated/α-hetero) is 1. The average Bonchev–Trinajstić information content (AvgIpc) is 2.98. The van der Waals surface area contributed by atoms with Gasteiger partial charge in [-0.3, -0.25) is 9.59 Å². The number of carbonyl (C=O) groups excluding carboxylic acids is 2. The quantitative estimate of drug-likeness (QED) is 0.558. The van der Waals surface area contributed by atoms with Crippen molar-refractivity contribution < 1.29 is 24.2 Å². The lowest BCUT2D eigenvalue weighted by Gasteiger charge is -2.19. The van der Waals surface area contributed by atoms with Gasteiger partial charge in [0.1, 0.15) is 11.4 Å². The van der Waals surface area contributed by atoms with Gasteiger partial charge in [0.25, 0.3) is 0 Å². The van der Waals surface area contributed by atoms with Crippen LogP contribution in [0.2, 0.25) is 0 Å². The molecule has 26 heavy (non-hydrogen) atoms. The van der Waals surface area contributed by atoms with Crippen LogP contribution in [0.4, 0.5) is 0 Å². The minimum Gasteiger partial charge on any atom is -0.495 e. The van der Waals surface area contributed by atoms with E-state index in [-0.39, 0.29) is 31.2 Å². The zero-order chi connectivity index (χ0) is 19.3. The molecule has 0 fully saturated rings. The van der Waals surface area contributed by atoms with Crippen LogP contribution < -0.4 is 4.74 Å². The summed E-state index contributed by atoms with van der Waals surface area (Å²) >= 11 is 1.34. The number of pyridine rings is 1. The zero-order valence-corrected chi connectivity index (χ0v) is 16.4. The Bertz CT molecular complexity index is 791. The van der Waals surface area contributed by atoms with Crippen LogP contribution in [-0.4, -0.2) is 41.2 Å². The number of ether oxygens (including phenoxy) is 2. The molecule has 6 nitrogen and oxygen atoms in total. The van der Waals surface area contributed by atoms with E-state index in [0.29, 0.717) is 23.5 Å². The van der Waals surface area contributed by atoms with Crippen LogP contribution in [0.5, 0.6) is 5.75 Å². The predicted octanol–water partition coefficient (Wildman–Crippen LogP) is 3.53. The van der Waals surface area contributed by atoms with Gasteiger partial charge in [0.05, 0.1) is 34.3 Å². The van der Waals surface area contributed by atoms with Gasteiger partial charge in [-0.05, 0) is 39.7 Å². The van der Waals surface area contributed by atoms with Gasteiger partial charge in [0.2, 0.25) is 0 Å². The number of hydrogen-bond donors (Lipinski definition) is 1. The third-order valence-corrected chi connectivity index (χ3v) is 4.70. The lowest BCUT2D eigenvalue weighted by atomic mass is 10.1. The first-order chi connectivity index (χ1) is 12.2. The fourth-order valence-electron chi connectivity index (χ4n) is 2.46. The largest absolute Gasteiger partial charge is 0.495 e. The third kappa shape index (κ3) is 5.51. The highest BCUT2D eigenvalue weighted by atomic mass is 32.1. The maximum Gasteiger partial charge on any atom is 0.306 e. The van der Waals surface area contributed by atoms with E-state index in [2.05, 4.69) is 4.98 Å². The molecular weight excluding hydrogens is 354 g/mol. The number of aliphatic hydroxyl groups is 1.